The lowest BCUT2D eigenvalue weighted by Gasteiger charge is -2.49. The standard InChI is InChI=1S/C13H23FO10/c1-13(11(21)10(20)8(18)5(3-16)23-13)24-12-6(14)9(19)7(17)4(2-15)22-12/h4-12,15-21H,2-3H2,1H3/t4-,5-,6-,7-,8+,9-,10+,11-,12-,13-/m1/s1. The zero-order valence-corrected chi connectivity index (χ0v) is 12.8. The summed E-state index contributed by atoms with van der Waals surface area (Å²) in [6, 6.07) is 0. The second-order valence-corrected chi connectivity index (χ2v) is 6.05. The SMILES string of the molecule is C[C@]1(O[C@H]2O[C@H](CO)[C@@H](O)[C@H](O)[C@H]2F)O[C@H](CO)[C@H](O)[C@H](O)[C@H]1O. The van der Waals surface area contributed by atoms with Gasteiger partial charge in [0.1, 0.15) is 42.7 Å². The van der Waals surface area contributed by atoms with Gasteiger partial charge in [-0.3, -0.25) is 0 Å². The Hall–Kier alpha value is -0.470. The second kappa shape index (κ2) is 7.41. The van der Waals surface area contributed by atoms with Crippen molar-refractivity contribution < 1.29 is 54.3 Å². The first-order valence-corrected chi connectivity index (χ1v) is 7.43. The predicted molar refractivity (Wildman–Crippen MR) is 72.1 cm³/mol. The van der Waals surface area contributed by atoms with Gasteiger partial charge in [0.25, 0.3) is 0 Å². The van der Waals surface area contributed by atoms with E-state index in [2.05, 4.69) is 0 Å². The van der Waals surface area contributed by atoms with Crippen LogP contribution < -0.4 is 0 Å². The molecule has 2 saturated heterocycles. The molecule has 0 aromatic rings. The maximum atomic E-state index is 14.2. The molecule has 2 aliphatic rings. The van der Waals surface area contributed by atoms with Crippen LogP contribution in [0.2, 0.25) is 0 Å². The molecule has 142 valence electrons. The molecule has 0 aromatic heterocycles. The lowest BCUT2D eigenvalue weighted by atomic mass is 9.93. The van der Waals surface area contributed by atoms with Gasteiger partial charge in [0.15, 0.2) is 18.2 Å². The van der Waals surface area contributed by atoms with Gasteiger partial charge in [0, 0.05) is 0 Å². The van der Waals surface area contributed by atoms with Gasteiger partial charge < -0.3 is 50.0 Å². The van der Waals surface area contributed by atoms with Crippen LogP contribution in [-0.2, 0) is 14.2 Å². The highest BCUT2D eigenvalue weighted by Gasteiger charge is 2.55. The van der Waals surface area contributed by atoms with Crippen LogP contribution in [0.15, 0.2) is 0 Å². The van der Waals surface area contributed by atoms with Gasteiger partial charge >= 0.3 is 0 Å². The Morgan fingerprint density at radius 2 is 1.46 bits per heavy atom. The Balaban J connectivity index is 2.18. The molecule has 10 nitrogen and oxygen atoms in total. The van der Waals surface area contributed by atoms with Crippen molar-refractivity contribution in [1.82, 2.24) is 0 Å². The van der Waals surface area contributed by atoms with Crippen LogP contribution in [0.4, 0.5) is 4.39 Å². The highest BCUT2D eigenvalue weighted by molar-refractivity contribution is 4.97. The smallest absolute Gasteiger partial charge is 0.197 e. The van der Waals surface area contributed by atoms with E-state index in [1.807, 2.05) is 0 Å². The van der Waals surface area contributed by atoms with Gasteiger partial charge in [-0.25, -0.2) is 4.39 Å². The van der Waals surface area contributed by atoms with E-state index >= 15 is 0 Å². The molecule has 0 unspecified atom stereocenters. The van der Waals surface area contributed by atoms with Crippen LogP contribution in [-0.4, -0.2) is 110 Å². The highest BCUT2D eigenvalue weighted by atomic mass is 19.1. The zero-order valence-electron chi connectivity index (χ0n) is 12.8. The molecular formula is C13H23FO10. The Labute approximate surface area is 136 Å². The van der Waals surface area contributed by atoms with E-state index in [4.69, 9.17) is 24.4 Å². The Morgan fingerprint density at radius 3 is 2.00 bits per heavy atom. The van der Waals surface area contributed by atoms with Crippen molar-refractivity contribution in [3.8, 4) is 0 Å². The fourth-order valence-corrected chi connectivity index (χ4v) is 2.77. The van der Waals surface area contributed by atoms with Crippen molar-refractivity contribution in [3.05, 3.63) is 0 Å². The average Bonchev–Trinajstić information content (AvgIpc) is 2.57. The van der Waals surface area contributed by atoms with Crippen molar-refractivity contribution in [2.75, 3.05) is 13.2 Å². The molecule has 7 N–H and O–H groups in total. The number of aliphatic hydroxyl groups excluding tert-OH is 7. The highest BCUT2D eigenvalue weighted by Crippen LogP contribution is 2.35. The van der Waals surface area contributed by atoms with Gasteiger partial charge in [-0.15, -0.1) is 0 Å². The van der Waals surface area contributed by atoms with E-state index in [1.165, 1.54) is 0 Å². The monoisotopic (exact) mass is 358 g/mol. The summed E-state index contributed by atoms with van der Waals surface area (Å²) in [4.78, 5) is 0. The fourth-order valence-electron chi connectivity index (χ4n) is 2.77. The molecule has 0 radical (unpaired) electrons. The van der Waals surface area contributed by atoms with Gasteiger partial charge in [-0.2, -0.15) is 0 Å². The molecule has 10 atom stereocenters. The van der Waals surface area contributed by atoms with Crippen molar-refractivity contribution in [2.45, 2.75) is 67.9 Å². The molecule has 0 bridgehead atoms. The lowest BCUT2D eigenvalue weighted by Crippen LogP contribution is -2.67. The molecule has 0 amide bonds. The summed E-state index contributed by atoms with van der Waals surface area (Å²) in [5.41, 5.74) is 0. The lowest BCUT2D eigenvalue weighted by molar-refractivity contribution is -0.412. The first-order valence-electron chi connectivity index (χ1n) is 7.43. The summed E-state index contributed by atoms with van der Waals surface area (Å²) in [7, 11) is 0. The Morgan fingerprint density at radius 1 is 0.917 bits per heavy atom. The number of hydrogen-bond acceptors (Lipinski definition) is 10. The van der Waals surface area contributed by atoms with Crippen LogP contribution in [0.25, 0.3) is 0 Å². The molecule has 2 heterocycles. The van der Waals surface area contributed by atoms with Crippen LogP contribution in [0.5, 0.6) is 0 Å². The summed E-state index contributed by atoms with van der Waals surface area (Å²) < 4.78 is 29.6. The second-order valence-electron chi connectivity index (χ2n) is 6.05. The molecule has 0 aliphatic carbocycles. The minimum atomic E-state index is -2.24. The first kappa shape index (κ1) is 19.8. The van der Waals surface area contributed by atoms with Gasteiger partial charge in [0.05, 0.1) is 13.2 Å². The van der Waals surface area contributed by atoms with E-state index in [0.29, 0.717) is 0 Å². The molecule has 2 fully saturated rings. The number of aliphatic hydroxyl groups is 7. The van der Waals surface area contributed by atoms with E-state index in [9.17, 15) is 29.9 Å². The van der Waals surface area contributed by atoms with E-state index in [-0.39, 0.29) is 0 Å². The maximum Gasteiger partial charge on any atom is 0.197 e. The number of halogens is 1. The topological polar surface area (TPSA) is 169 Å². The van der Waals surface area contributed by atoms with Crippen LogP contribution in [0.3, 0.4) is 0 Å². The molecule has 0 spiro atoms. The van der Waals surface area contributed by atoms with E-state index in [1.54, 1.807) is 0 Å². The first-order chi connectivity index (χ1) is 11.2. The number of ether oxygens (including phenoxy) is 3. The molecule has 0 aromatic carbocycles. The van der Waals surface area contributed by atoms with E-state index < -0.39 is 74.2 Å². The van der Waals surface area contributed by atoms with Gasteiger partial charge in [0.2, 0.25) is 0 Å². The summed E-state index contributed by atoms with van der Waals surface area (Å²) >= 11 is 0. The largest absolute Gasteiger partial charge is 0.394 e. The fraction of sp³-hybridized carbons (Fsp3) is 1.00. The molecule has 11 heteroatoms. The average molecular weight is 358 g/mol. The summed E-state index contributed by atoms with van der Waals surface area (Å²) in [5.74, 6) is -2.09. The number of alkyl halides is 1. The minimum absolute atomic E-state index is 0.713. The third-order valence-electron chi connectivity index (χ3n) is 4.31. The van der Waals surface area contributed by atoms with Crippen molar-refractivity contribution in [3.63, 3.8) is 0 Å². The zero-order chi connectivity index (χ0) is 18.2. The summed E-state index contributed by atoms with van der Waals surface area (Å²) in [6.45, 7) is -0.322. The quantitative estimate of drug-likeness (QED) is 0.263. The normalized spacial score (nSPS) is 53.1. The molecule has 2 aliphatic heterocycles. The van der Waals surface area contributed by atoms with Gasteiger partial charge in [-0.1, -0.05) is 0 Å². The number of rotatable bonds is 4. The molecule has 2 rings (SSSR count). The Bertz CT molecular complexity index is 424. The molecule has 24 heavy (non-hydrogen) atoms. The van der Waals surface area contributed by atoms with Crippen molar-refractivity contribution >= 4 is 0 Å². The van der Waals surface area contributed by atoms with Crippen molar-refractivity contribution in [2.24, 2.45) is 0 Å². The third-order valence-corrected chi connectivity index (χ3v) is 4.31. The van der Waals surface area contributed by atoms with Crippen LogP contribution in [0.1, 0.15) is 6.92 Å². The van der Waals surface area contributed by atoms with Crippen molar-refractivity contribution in [1.29, 1.82) is 0 Å². The van der Waals surface area contributed by atoms with Gasteiger partial charge in [-0.05, 0) is 6.92 Å². The minimum Gasteiger partial charge on any atom is -0.394 e. The summed E-state index contributed by atoms with van der Waals surface area (Å²) in [5, 5.41) is 67.1. The number of hydrogen-bond donors (Lipinski definition) is 7. The summed E-state index contributed by atoms with van der Waals surface area (Å²) in [6.07, 6.45) is -15.6. The predicted octanol–water partition coefficient (Wildman–Crippen LogP) is -4.03. The molecule has 0 saturated carbocycles. The van der Waals surface area contributed by atoms with E-state index in [0.717, 1.165) is 6.92 Å². The molecular weight excluding hydrogens is 335 g/mol. The van der Waals surface area contributed by atoms with Crippen LogP contribution in [0, 0.1) is 0 Å². The maximum absolute atomic E-state index is 14.2. The van der Waals surface area contributed by atoms with Crippen LogP contribution >= 0.6 is 0 Å². The third kappa shape index (κ3) is 3.42. The Kier molecular flexibility index (Phi) is 6.13.